The van der Waals surface area contributed by atoms with Gasteiger partial charge in [-0.1, -0.05) is 0 Å². The van der Waals surface area contributed by atoms with Gasteiger partial charge in [0, 0.05) is 31.4 Å². The van der Waals surface area contributed by atoms with Crippen LogP contribution in [0.15, 0.2) is 30.6 Å². The quantitative estimate of drug-likeness (QED) is 0.817. The van der Waals surface area contributed by atoms with Crippen molar-refractivity contribution in [1.82, 2.24) is 15.1 Å². The van der Waals surface area contributed by atoms with Gasteiger partial charge >= 0.3 is 0 Å². The lowest BCUT2D eigenvalue weighted by molar-refractivity contribution is 0.0963. The fraction of sp³-hybridized carbons (Fsp3) is 0.167. The van der Waals surface area contributed by atoms with E-state index in [0.29, 0.717) is 5.56 Å². The van der Waals surface area contributed by atoms with Crippen molar-refractivity contribution in [3.63, 3.8) is 0 Å². The van der Waals surface area contributed by atoms with Crippen LogP contribution in [0.5, 0.6) is 0 Å². The topological polar surface area (TPSA) is 46.9 Å². The Morgan fingerprint density at radius 3 is 2.88 bits per heavy atom. The maximum absolute atomic E-state index is 11.5. The molecule has 0 aliphatic rings. The van der Waals surface area contributed by atoms with Gasteiger partial charge in [0.2, 0.25) is 0 Å². The normalized spacial score (nSPS) is 10.1. The highest BCUT2D eigenvalue weighted by atomic mass is 16.1. The highest BCUT2D eigenvalue weighted by Crippen LogP contribution is 2.19. The first-order chi connectivity index (χ1) is 7.70. The van der Waals surface area contributed by atoms with E-state index in [9.17, 15) is 4.79 Å². The predicted octanol–water partition coefficient (Wildman–Crippen LogP) is 1.25. The first kappa shape index (κ1) is 10.4. The number of rotatable bonds is 2. The summed E-state index contributed by atoms with van der Waals surface area (Å²) in [6, 6.07) is 8.28. The number of carbonyl (C=O) groups excluding carboxylic acids is 1. The summed E-state index contributed by atoms with van der Waals surface area (Å²) in [5.74, 6) is -0.109. The Labute approximate surface area is 93.9 Å². The zero-order chi connectivity index (χ0) is 11.5. The van der Waals surface area contributed by atoms with Crippen LogP contribution in [0, 0.1) is 6.07 Å². The Bertz CT molecular complexity index is 516. The summed E-state index contributed by atoms with van der Waals surface area (Å²) in [5, 5.41) is 6.68. The number of carbonyl (C=O) groups is 1. The van der Waals surface area contributed by atoms with Gasteiger partial charge in [0.15, 0.2) is 0 Å². The van der Waals surface area contributed by atoms with Gasteiger partial charge < -0.3 is 5.32 Å². The molecule has 0 aliphatic carbocycles. The minimum Gasteiger partial charge on any atom is -0.355 e. The minimum atomic E-state index is -0.109. The molecule has 0 saturated carbocycles. The molecule has 1 N–H and O–H groups in total. The first-order valence-electron chi connectivity index (χ1n) is 4.93. The zero-order valence-electron chi connectivity index (χ0n) is 9.19. The van der Waals surface area contributed by atoms with Crippen LogP contribution in [0.4, 0.5) is 0 Å². The fourth-order valence-electron chi connectivity index (χ4n) is 1.48. The van der Waals surface area contributed by atoms with E-state index in [4.69, 9.17) is 0 Å². The molecule has 0 bridgehead atoms. The standard InChI is InChI=1S/C12H12N3O/c1-13-12(16)10-5-3-4-9(6-10)11-7-14-15(2)8-11/h4-8H,1-2H3,(H,13,16). The summed E-state index contributed by atoms with van der Waals surface area (Å²) < 4.78 is 1.72. The van der Waals surface area contributed by atoms with Gasteiger partial charge in [-0.25, -0.2) is 0 Å². The molecule has 1 heterocycles. The molecule has 1 amide bonds. The highest BCUT2D eigenvalue weighted by Gasteiger charge is 2.06. The Hall–Kier alpha value is -2.10. The molecule has 16 heavy (non-hydrogen) atoms. The molecule has 0 spiro atoms. The van der Waals surface area contributed by atoms with Gasteiger partial charge in [-0.05, 0) is 29.8 Å². The van der Waals surface area contributed by atoms with Gasteiger partial charge in [-0.15, -0.1) is 0 Å². The molecule has 0 aliphatic heterocycles. The van der Waals surface area contributed by atoms with Crippen LogP contribution in [0.1, 0.15) is 10.4 Å². The second-order valence-corrected chi connectivity index (χ2v) is 3.49. The summed E-state index contributed by atoms with van der Waals surface area (Å²) in [6.45, 7) is 0. The van der Waals surface area contributed by atoms with E-state index in [1.165, 1.54) is 0 Å². The lowest BCUT2D eigenvalue weighted by Crippen LogP contribution is -2.17. The molecular formula is C12H12N3O. The second kappa shape index (κ2) is 4.18. The van der Waals surface area contributed by atoms with E-state index in [-0.39, 0.29) is 5.91 Å². The summed E-state index contributed by atoms with van der Waals surface area (Å²) in [6.07, 6.45) is 3.66. The molecule has 81 valence electrons. The third kappa shape index (κ3) is 1.95. The van der Waals surface area contributed by atoms with Gasteiger partial charge in [0.1, 0.15) is 0 Å². The number of hydrogen-bond donors (Lipinski definition) is 1. The van der Waals surface area contributed by atoms with Gasteiger partial charge in [0.05, 0.1) is 6.20 Å². The van der Waals surface area contributed by atoms with Crippen molar-refractivity contribution in [2.45, 2.75) is 0 Å². The number of nitrogens with zero attached hydrogens (tertiary/aromatic N) is 2. The van der Waals surface area contributed by atoms with E-state index < -0.39 is 0 Å². The van der Waals surface area contributed by atoms with Crippen LogP contribution in [0.25, 0.3) is 11.1 Å². The molecule has 1 aromatic carbocycles. The molecule has 1 radical (unpaired) electrons. The van der Waals surface area contributed by atoms with Crippen LogP contribution in [0.3, 0.4) is 0 Å². The molecule has 1 aromatic heterocycles. The van der Waals surface area contributed by atoms with Gasteiger partial charge in [-0.2, -0.15) is 5.10 Å². The Balaban J connectivity index is 2.39. The fourth-order valence-corrected chi connectivity index (χ4v) is 1.48. The van der Waals surface area contributed by atoms with Crippen molar-refractivity contribution in [2.75, 3.05) is 7.05 Å². The van der Waals surface area contributed by atoms with Gasteiger partial charge in [0.25, 0.3) is 5.91 Å². The first-order valence-corrected chi connectivity index (χ1v) is 4.93. The molecular weight excluding hydrogens is 202 g/mol. The largest absolute Gasteiger partial charge is 0.355 e. The maximum atomic E-state index is 11.5. The van der Waals surface area contributed by atoms with Crippen molar-refractivity contribution >= 4 is 5.91 Å². The van der Waals surface area contributed by atoms with E-state index in [2.05, 4.69) is 16.5 Å². The Morgan fingerprint density at radius 1 is 1.44 bits per heavy atom. The van der Waals surface area contributed by atoms with E-state index in [0.717, 1.165) is 11.1 Å². The number of aryl methyl sites for hydroxylation is 1. The van der Waals surface area contributed by atoms with Crippen LogP contribution in [0.2, 0.25) is 0 Å². The van der Waals surface area contributed by atoms with Crippen molar-refractivity contribution < 1.29 is 4.79 Å². The average molecular weight is 214 g/mol. The van der Waals surface area contributed by atoms with Crippen LogP contribution >= 0.6 is 0 Å². The smallest absolute Gasteiger partial charge is 0.251 e. The van der Waals surface area contributed by atoms with Gasteiger partial charge in [-0.3, -0.25) is 9.48 Å². The zero-order valence-corrected chi connectivity index (χ0v) is 9.19. The summed E-state index contributed by atoms with van der Waals surface area (Å²) >= 11 is 0. The number of aromatic nitrogens is 2. The maximum Gasteiger partial charge on any atom is 0.251 e. The molecule has 0 atom stereocenters. The lowest BCUT2D eigenvalue weighted by Gasteiger charge is -2.01. The molecule has 4 nitrogen and oxygen atoms in total. The van der Waals surface area contributed by atoms with Crippen LogP contribution in [-0.4, -0.2) is 22.7 Å². The van der Waals surface area contributed by atoms with Crippen molar-refractivity contribution in [3.8, 4) is 11.1 Å². The van der Waals surface area contributed by atoms with Crippen LogP contribution < -0.4 is 5.32 Å². The van der Waals surface area contributed by atoms with Crippen molar-refractivity contribution in [1.29, 1.82) is 0 Å². The Kier molecular flexibility index (Phi) is 2.72. The predicted molar refractivity (Wildman–Crippen MR) is 60.9 cm³/mol. The Morgan fingerprint density at radius 2 is 2.25 bits per heavy atom. The van der Waals surface area contributed by atoms with E-state index in [1.807, 2.05) is 25.4 Å². The number of benzene rings is 1. The molecule has 2 rings (SSSR count). The third-order valence-corrected chi connectivity index (χ3v) is 2.32. The number of amides is 1. The van der Waals surface area contributed by atoms with E-state index >= 15 is 0 Å². The third-order valence-electron chi connectivity index (χ3n) is 2.32. The molecule has 0 unspecified atom stereocenters. The average Bonchev–Trinajstić information content (AvgIpc) is 2.75. The molecule has 4 heteroatoms. The second-order valence-electron chi connectivity index (χ2n) is 3.49. The lowest BCUT2D eigenvalue weighted by atomic mass is 10.1. The summed E-state index contributed by atoms with van der Waals surface area (Å²) in [7, 11) is 3.47. The van der Waals surface area contributed by atoms with E-state index in [1.54, 1.807) is 24.0 Å². The number of nitrogens with one attached hydrogen (secondary N) is 1. The highest BCUT2D eigenvalue weighted by molar-refractivity contribution is 5.95. The molecule has 2 aromatic rings. The monoisotopic (exact) mass is 214 g/mol. The number of hydrogen-bond acceptors (Lipinski definition) is 2. The molecule has 0 saturated heterocycles. The minimum absolute atomic E-state index is 0.109. The SMILES string of the molecule is CNC(=O)c1c[c]cc(-c2cnn(C)c2)c1. The van der Waals surface area contributed by atoms with Crippen molar-refractivity contribution in [2.24, 2.45) is 7.05 Å². The van der Waals surface area contributed by atoms with Crippen LogP contribution in [-0.2, 0) is 7.05 Å². The molecule has 0 fully saturated rings. The summed E-state index contributed by atoms with van der Waals surface area (Å²) in [4.78, 5) is 11.5. The summed E-state index contributed by atoms with van der Waals surface area (Å²) in [5.41, 5.74) is 2.52. The van der Waals surface area contributed by atoms with Crippen molar-refractivity contribution in [3.05, 3.63) is 42.2 Å².